The average molecular weight is 158 g/mol. The molecule has 0 N–H and O–H groups in total. The van der Waals surface area contributed by atoms with Gasteiger partial charge in [0, 0.05) is 4.88 Å². The monoisotopic (exact) mass is 158 g/mol. The number of thiophene rings is 1. The van der Waals surface area contributed by atoms with Crippen LogP contribution in [0.15, 0.2) is 11.4 Å². The van der Waals surface area contributed by atoms with Crippen molar-refractivity contribution in [3.05, 3.63) is 21.9 Å². The Labute approximate surface area is 62.2 Å². The van der Waals surface area contributed by atoms with Crippen LogP contribution in [0.4, 0.5) is 0 Å². The van der Waals surface area contributed by atoms with Crippen molar-refractivity contribution in [2.45, 2.75) is 13.5 Å². The van der Waals surface area contributed by atoms with Gasteiger partial charge in [0.2, 0.25) is 0 Å². The van der Waals surface area contributed by atoms with E-state index in [1.807, 2.05) is 0 Å². The molecule has 0 bridgehead atoms. The van der Waals surface area contributed by atoms with Crippen LogP contribution in [-0.4, -0.2) is 10.5 Å². The maximum atomic E-state index is 5.09. The van der Waals surface area contributed by atoms with Crippen LogP contribution < -0.4 is 0 Å². The number of aryl methyl sites for hydroxylation is 1. The van der Waals surface area contributed by atoms with Crippen molar-refractivity contribution in [3.8, 4) is 0 Å². The molecule has 0 aliphatic carbocycles. The first kappa shape index (κ1) is 6.99. The van der Waals surface area contributed by atoms with Crippen LogP contribution in [0.5, 0.6) is 0 Å². The summed E-state index contributed by atoms with van der Waals surface area (Å²) < 4.78 is 5.09. The maximum Gasteiger partial charge on any atom is 0.146 e. The minimum Gasteiger partial charge on any atom is -0.423 e. The summed E-state index contributed by atoms with van der Waals surface area (Å²) in [4.78, 5) is 1.34. The molecule has 0 spiro atoms. The second-order valence-electron chi connectivity index (χ2n) is 2.02. The fourth-order valence-corrected chi connectivity index (χ4v) is 2.07. The van der Waals surface area contributed by atoms with Gasteiger partial charge in [-0.05, 0) is 23.9 Å². The lowest BCUT2D eigenvalue weighted by Crippen LogP contribution is -1.81. The minimum atomic E-state index is 0.810. The third-order valence-electron chi connectivity index (χ3n) is 1.07. The predicted octanol–water partition coefficient (Wildman–Crippen LogP) is 0.854. The summed E-state index contributed by atoms with van der Waals surface area (Å²) in [7, 11) is 0.840. The molecule has 1 heterocycles. The molecule has 0 saturated heterocycles. The fourth-order valence-electron chi connectivity index (χ4n) is 0.709. The van der Waals surface area contributed by atoms with Gasteiger partial charge in [-0.25, -0.2) is 0 Å². The molecule has 0 aliphatic heterocycles. The van der Waals surface area contributed by atoms with Crippen molar-refractivity contribution in [2.24, 2.45) is 0 Å². The van der Waals surface area contributed by atoms with Crippen LogP contribution in [0.1, 0.15) is 10.4 Å². The molecule has 0 amide bonds. The van der Waals surface area contributed by atoms with Crippen LogP contribution in [0.2, 0.25) is 0 Å². The van der Waals surface area contributed by atoms with E-state index in [2.05, 4.69) is 18.4 Å². The van der Waals surface area contributed by atoms with Gasteiger partial charge in [-0.3, -0.25) is 0 Å². The number of rotatable bonds is 2. The summed E-state index contributed by atoms with van der Waals surface area (Å²) in [6, 6.07) is 2.17. The molecule has 1 aromatic heterocycles. The zero-order valence-corrected chi connectivity index (χ0v) is 8.49. The van der Waals surface area contributed by atoms with Gasteiger partial charge in [0.15, 0.2) is 0 Å². The van der Waals surface area contributed by atoms with E-state index in [0.717, 1.165) is 17.1 Å². The highest BCUT2D eigenvalue weighted by molar-refractivity contribution is 7.10. The topological polar surface area (TPSA) is 9.23 Å². The van der Waals surface area contributed by atoms with Gasteiger partial charge >= 0.3 is 0 Å². The average Bonchev–Trinajstić information content (AvgIpc) is 2.17. The lowest BCUT2D eigenvalue weighted by molar-refractivity contribution is 0.342. The zero-order chi connectivity index (χ0) is 6.69. The van der Waals surface area contributed by atoms with Crippen LogP contribution >= 0.6 is 11.3 Å². The summed E-state index contributed by atoms with van der Waals surface area (Å²) in [5.74, 6) is 0. The predicted molar refractivity (Wildman–Crippen MR) is 43.8 cm³/mol. The van der Waals surface area contributed by atoms with Crippen molar-refractivity contribution in [1.29, 1.82) is 0 Å². The molecule has 50 valence electrons. The van der Waals surface area contributed by atoms with Crippen LogP contribution in [-0.2, 0) is 11.0 Å². The molecule has 1 aromatic rings. The van der Waals surface area contributed by atoms with Gasteiger partial charge in [0.1, 0.15) is 10.5 Å². The summed E-state index contributed by atoms with van der Waals surface area (Å²) >= 11 is 1.77. The van der Waals surface area contributed by atoms with E-state index in [4.69, 9.17) is 4.43 Å². The van der Waals surface area contributed by atoms with Crippen LogP contribution in [0, 0.1) is 6.92 Å². The van der Waals surface area contributed by atoms with E-state index in [0.29, 0.717) is 0 Å². The quantitative estimate of drug-likeness (QED) is 0.580. The number of hydrogen-bond donors (Lipinski definition) is 0. The Hall–Kier alpha value is -0.123. The van der Waals surface area contributed by atoms with Crippen molar-refractivity contribution < 1.29 is 4.43 Å². The molecule has 3 heteroatoms. The lowest BCUT2D eigenvalue weighted by atomic mass is 10.3. The Kier molecular flexibility index (Phi) is 2.45. The van der Waals surface area contributed by atoms with E-state index < -0.39 is 0 Å². The SMILES string of the molecule is Cc1csc(CO[SiH3])c1. The first-order valence-electron chi connectivity index (χ1n) is 2.86. The van der Waals surface area contributed by atoms with Crippen molar-refractivity contribution in [3.63, 3.8) is 0 Å². The smallest absolute Gasteiger partial charge is 0.146 e. The highest BCUT2D eigenvalue weighted by Gasteiger charge is 1.92. The second-order valence-corrected chi connectivity index (χ2v) is 3.60. The van der Waals surface area contributed by atoms with Gasteiger partial charge < -0.3 is 4.43 Å². The molecule has 1 rings (SSSR count). The van der Waals surface area contributed by atoms with Crippen LogP contribution in [0.25, 0.3) is 0 Å². The van der Waals surface area contributed by atoms with Crippen molar-refractivity contribution in [1.82, 2.24) is 0 Å². The van der Waals surface area contributed by atoms with E-state index in [-0.39, 0.29) is 0 Å². The van der Waals surface area contributed by atoms with Crippen molar-refractivity contribution in [2.75, 3.05) is 0 Å². The first-order valence-corrected chi connectivity index (χ1v) is 4.55. The van der Waals surface area contributed by atoms with Gasteiger partial charge in [-0.2, -0.15) is 0 Å². The second kappa shape index (κ2) is 3.15. The molecule has 0 aromatic carbocycles. The Balaban J connectivity index is 2.61. The Morgan fingerprint density at radius 3 is 3.00 bits per heavy atom. The maximum absolute atomic E-state index is 5.09. The molecular weight excluding hydrogens is 148 g/mol. The first-order chi connectivity index (χ1) is 4.33. The van der Waals surface area contributed by atoms with Gasteiger partial charge in [0.25, 0.3) is 0 Å². The third kappa shape index (κ3) is 1.93. The molecular formula is C6H10OSSi. The van der Waals surface area contributed by atoms with Crippen LogP contribution in [0.3, 0.4) is 0 Å². The summed E-state index contributed by atoms with van der Waals surface area (Å²) in [6.07, 6.45) is 0. The molecule has 0 unspecified atom stereocenters. The van der Waals surface area contributed by atoms with E-state index in [1.165, 1.54) is 10.4 Å². The third-order valence-corrected chi connectivity index (χ3v) is 2.39. The molecule has 0 radical (unpaired) electrons. The minimum absolute atomic E-state index is 0.810. The Morgan fingerprint density at radius 1 is 1.78 bits per heavy atom. The molecule has 9 heavy (non-hydrogen) atoms. The summed E-state index contributed by atoms with van der Waals surface area (Å²) in [6.45, 7) is 2.91. The van der Waals surface area contributed by atoms with E-state index in [1.54, 1.807) is 11.3 Å². The highest BCUT2D eigenvalue weighted by Crippen LogP contribution is 2.13. The van der Waals surface area contributed by atoms with Gasteiger partial charge in [0.05, 0.1) is 6.61 Å². The van der Waals surface area contributed by atoms with Gasteiger partial charge in [-0.15, -0.1) is 11.3 Å². The molecule has 0 fully saturated rings. The number of hydrogen-bond acceptors (Lipinski definition) is 2. The standard InChI is InChI=1S/C6H10OSSi/c1-5-2-6(3-7-9)8-4-5/h2,4H,3H2,1,9H3. The zero-order valence-electron chi connectivity index (χ0n) is 5.68. The van der Waals surface area contributed by atoms with Gasteiger partial charge in [-0.1, -0.05) is 0 Å². The molecule has 0 atom stereocenters. The molecule has 1 nitrogen and oxygen atoms in total. The highest BCUT2D eigenvalue weighted by atomic mass is 32.1. The Bertz CT molecular complexity index is 185. The summed E-state index contributed by atoms with van der Waals surface area (Å²) in [5.41, 5.74) is 1.34. The van der Waals surface area contributed by atoms with E-state index in [9.17, 15) is 0 Å². The lowest BCUT2D eigenvalue weighted by Gasteiger charge is -1.90. The molecule has 0 saturated carbocycles. The van der Waals surface area contributed by atoms with E-state index >= 15 is 0 Å². The fraction of sp³-hybridized carbons (Fsp3) is 0.333. The molecule has 0 aliphatic rings. The largest absolute Gasteiger partial charge is 0.423 e. The summed E-state index contributed by atoms with van der Waals surface area (Å²) in [5, 5.41) is 2.15. The Morgan fingerprint density at radius 2 is 2.56 bits per heavy atom. The van der Waals surface area contributed by atoms with Crippen molar-refractivity contribution >= 4 is 21.8 Å². The normalized spacial score (nSPS) is 10.3.